The number of fused-ring (bicyclic) bond motifs is 1. The molecule has 2 nitrogen and oxygen atoms in total. The Balaban J connectivity index is 2.05. The maximum atomic E-state index is 5.91. The molecule has 3 aromatic rings. The lowest BCUT2D eigenvalue weighted by Crippen LogP contribution is -1.80. The van der Waals surface area contributed by atoms with E-state index in [1.54, 1.807) is 28.9 Å². The second-order valence-corrected chi connectivity index (χ2v) is 6.12. The number of alkyl halides is 1. The van der Waals surface area contributed by atoms with Crippen molar-refractivity contribution < 1.29 is 4.42 Å². The van der Waals surface area contributed by atoms with Crippen molar-refractivity contribution in [2.24, 2.45) is 0 Å². The molecule has 0 N–H and O–H groups in total. The Bertz CT molecular complexity index is 594. The van der Waals surface area contributed by atoms with Crippen LogP contribution in [-0.4, -0.2) is 4.98 Å². The molecule has 0 saturated carbocycles. The molecule has 0 saturated heterocycles. The zero-order chi connectivity index (χ0) is 11.1. The van der Waals surface area contributed by atoms with Crippen molar-refractivity contribution in [3.05, 3.63) is 29.6 Å². The van der Waals surface area contributed by atoms with E-state index in [4.69, 9.17) is 16.0 Å². The highest BCUT2D eigenvalue weighted by atomic mass is 35.5. The molecular formula is C11H8ClNOS2. The van der Waals surface area contributed by atoms with E-state index in [1.165, 1.54) is 9.40 Å². The smallest absolute Gasteiger partial charge is 0.212 e. The second kappa shape index (κ2) is 3.87. The van der Waals surface area contributed by atoms with Gasteiger partial charge in [-0.05, 0) is 24.4 Å². The van der Waals surface area contributed by atoms with Gasteiger partial charge in [0.15, 0.2) is 5.76 Å². The van der Waals surface area contributed by atoms with Crippen LogP contribution in [0.2, 0.25) is 0 Å². The van der Waals surface area contributed by atoms with Crippen LogP contribution in [0, 0.1) is 0 Å². The number of nitrogens with zero attached hydrogens (tertiary/aromatic N) is 1. The molecule has 3 heterocycles. The number of halogens is 1. The Hall–Kier alpha value is -0.840. The fraction of sp³-hybridized carbons (Fsp3) is 0.182. The summed E-state index contributed by atoms with van der Waals surface area (Å²) in [7, 11) is 0. The number of thiophene rings is 2. The third-order valence-electron chi connectivity index (χ3n) is 2.25. The van der Waals surface area contributed by atoms with E-state index in [0.29, 0.717) is 5.89 Å². The van der Waals surface area contributed by atoms with Crippen LogP contribution in [0.3, 0.4) is 0 Å². The normalized spacial score (nSPS) is 13.4. The van der Waals surface area contributed by atoms with E-state index in [1.807, 2.05) is 6.92 Å². The Morgan fingerprint density at radius 1 is 1.44 bits per heavy atom. The van der Waals surface area contributed by atoms with Crippen molar-refractivity contribution in [1.29, 1.82) is 0 Å². The summed E-state index contributed by atoms with van der Waals surface area (Å²) in [4.78, 5) is 5.27. The van der Waals surface area contributed by atoms with E-state index in [2.05, 4.69) is 22.5 Å². The number of aromatic nitrogens is 1. The number of oxazole rings is 1. The lowest BCUT2D eigenvalue weighted by molar-refractivity contribution is 0.509. The maximum Gasteiger partial charge on any atom is 0.212 e. The number of rotatable bonds is 2. The molecule has 0 radical (unpaired) electrons. The molecular weight excluding hydrogens is 262 g/mol. The van der Waals surface area contributed by atoms with Crippen molar-refractivity contribution in [3.8, 4) is 10.6 Å². The van der Waals surface area contributed by atoms with Gasteiger partial charge in [0.1, 0.15) is 5.38 Å². The summed E-state index contributed by atoms with van der Waals surface area (Å²) < 4.78 is 8.18. The summed E-state index contributed by atoms with van der Waals surface area (Å²) in [6.07, 6.45) is 1.74. The summed E-state index contributed by atoms with van der Waals surface area (Å²) in [5.74, 6) is 1.38. The van der Waals surface area contributed by atoms with Gasteiger partial charge in [-0.3, -0.25) is 0 Å². The van der Waals surface area contributed by atoms with Gasteiger partial charge >= 0.3 is 0 Å². The van der Waals surface area contributed by atoms with Crippen LogP contribution >= 0.6 is 34.3 Å². The zero-order valence-corrected chi connectivity index (χ0v) is 10.8. The molecule has 1 unspecified atom stereocenters. The Morgan fingerprint density at radius 3 is 3.00 bits per heavy atom. The number of hydrogen-bond donors (Lipinski definition) is 0. The van der Waals surface area contributed by atoms with Crippen LogP contribution < -0.4 is 0 Å². The highest BCUT2D eigenvalue weighted by Crippen LogP contribution is 2.37. The van der Waals surface area contributed by atoms with Crippen LogP contribution in [-0.2, 0) is 0 Å². The molecule has 0 spiro atoms. The molecule has 0 bridgehead atoms. The number of hydrogen-bond acceptors (Lipinski definition) is 4. The van der Waals surface area contributed by atoms with E-state index < -0.39 is 0 Å². The molecule has 16 heavy (non-hydrogen) atoms. The minimum atomic E-state index is -0.185. The fourth-order valence-corrected chi connectivity index (χ4v) is 3.63. The highest BCUT2D eigenvalue weighted by Gasteiger charge is 2.13. The van der Waals surface area contributed by atoms with Gasteiger partial charge in [-0.2, -0.15) is 0 Å². The molecule has 0 fully saturated rings. The molecule has 5 heteroatoms. The lowest BCUT2D eigenvalue weighted by Gasteiger charge is -1.93. The monoisotopic (exact) mass is 269 g/mol. The van der Waals surface area contributed by atoms with Gasteiger partial charge in [-0.25, -0.2) is 4.98 Å². The van der Waals surface area contributed by atoms with Gasteiger partial charge in [0.25, 0.3) is 0 Å². The van der Waals surface area contributed by atoms with Crippen molar-refractivity contribution in [3.63, 3.8) is 0 Å². The minimum Gasteiger partial charge on any atom is -0.438 e. The minimum absolute atomic E-state index is 0.185. The summed E-state index contributed by atoms with van der Waals surface area (Å²) in [5, 5.41) is 1.91. The van der Waals surface area contributed by atoms with Gasteiger partial charge in [0.05, 0.1) is 11.1 Å². The molecule has 0 amide bonds. The average Bonchev–Trinajstić information content (AvgIpc) is 2.91. The molecule has 0 aromatic carbocycles. The maximum absolute atomic E-state index is 5.91. The third-order valence-corrected chi connectivity index (χ3v) is 4.54. The summed E-state index contributed by atoms with van der Waals surface area (Å²) in [6.45, 7) is 1.85. The largest absolute Gasteiger partial charge is 0.438 e. The van der Waals surface area contributed by atoms with Crippen molar-refractivity contribution in [1.82, 2.24) is 4.98 Å². The molecule has 0 aliphatic rings. The standard InChI is InChI=1S/C11H8ClNOS2/c1-6(12)11-13-5-7(14-11)9-4-10-8(16-9)2-3-15-10/h2-6H,1H3. The summed E-state index contributed by atoms with van der Waals surface area (Å²) >= 11 is 9.36. The van der Waals surface area contributed by atoms with E-state index in [9.17, 15) is 0 Å². The van der Waals surface area contributed by atoms with Crippen LogP contribution in [0.5, 0.6) is 0 Å². The van der Waals surface area contributed by atoms with Crippen LogP contribution in [0.1, 0.15) is 18.2 Å². The predicted molar refractivity (Wildman–Crippen MR) is 69.5 cm³/mol. The predicted octanol–water partition coefficient (Wildman–Crippen LogP) is 4.92. The molecule has 3 rings (SSSR count). The first-order valence-corrected chi connectivity index (χ1v) is 6.94. The highest BCUT2D eigenvalue weighted by molar-refractivity contribution is 7.28. The van der Waals surface area contributed by atoms with Gasteiger partial charge in [0, 0.05) is 9.40 Å². The van der Waals surface area contributed by atoms with Gasteiger partial charge in [0.2, 0.25) is 5.89 Å². The van der Waals surface area contributed by atoms with Crippen LogP contribution in [0.25, 0.3) is 20.0 Å². The molecule has 3 aromatic heterocycles. The first-order valence-electron chi connectivity index (χ1n) is 4.81. The quantitative estimate of drug-likeness (QED) is 0.617. The Labute approximate surface area is 105 Å². The zero-order valence-electron chi connectivity index (χ0n) is 8.44. The van der Waals surface area contributed by atoms with Gasteiger partial charge in [-0.1, -0.05) is 0 Å². The van der Waals surface area contributed by atoms with Crippen molar-refractivity contribution in [2.45, 2.75) is 12.3 Å². The fourth-order valence-electron chi connectivity index (χ4n) is 1.47. The average molecular weight is 270 g/mol. The Kier molecular flexibility index (Phi) is 2.50. The molecule has 1 atom stereocenters. The summed E-state index contributed by atoms with van der Waals surface area (Å²) in [5.41, 5.74) is 0. The summed E-state index contributed by atoms with van der Waals surface area (Å²) in [6, 6.07) is 4.25. The van der Waals surface area contributed by atoms with Crippen molar-refractivity contribution >= 4 is 43.7 Å². The molecule has 0 aliphatic carbocycles. The SMILES string of the molecule is CC(Cl)c1ncc(-c2cc3sccc3s2)o1. The third kappa shape index (κ3) is 1.67. The Morgan fingerprint density at radius 2 is 2.31 bits per heavy atom. The lowest BCUT2D eigenvalue weighted by atomic mass is 10.4. The van der Waals surface area contributed by atoms with Crippen molar-refractivity contribution in [2.75, 3.05) is 0 Å². The van der Waals surface area contributed by atoms with Gasteiger partial charge in [-0.15, -0.1) is 34.3 Å². The van der Waals surface area contributed by atoms with Crippen LogP contribution in [0.4, 0.5) is 0 Å². The second-order valence-electron chi connectivity index (χ2n) is 3.44. The molecule has 0 aliphatic heterocycles. The van der Waals surface area contributed by atoms with E-state index >= 15 is 0 Å². The van der Waals surface area contributed by atoms with Crippen LogP contribution in [0.15, 0.2) is 28.1 Å². The topological polar surface area (TPSA) is 26.0 Å². The molecule has 82 valence electrons. The first-order chi connectivity index (χ1) is 7.74. The van der Waals surface area contributed by atoms with Gasteiger partial charge < -0.3 is 4.42 Å². The van der Waals surface area contributed by atoms with E-state index in [0.717, 1.165) is 10.6 Å². The first kappa shape index (κ1) is 10.3. The van der Waals surface area contributed by atoms with E-state index in [-0.39, 0.29) is 5.38 Å².